The minimum absolute atomic E-state index is 0. The molecule has 2 saturated carbocycles. The van der Waals surface area contributed by atoms with Crippen molar-refractivity contribution in [3.05, 3.63) is 66.6 Å². The van der Waals surface area contributed by atoms with Crippen LogP contribution >= 0.6 is 0 Å². The zero-order valence-electron chi connectivity index (χ0n) is 20.6. The van der Waals surface area contributed by atoms with Crippen LogP contribution in [0.3, 0.4) is 0 Å². The van der Waals surface area contributed by atoms with Crippen LogP contribution < -0.4 is 0 Å². The van der Waals surface area contributed by atoms with Gasteiger partial charge < -0.3 is 42.0 Å². The smallest absolute Gasteiger partial charge is 0.418 e. The Labute approximate surface area is 210 Å². The molecule has 2 aliphatic carbocycles. The zero-order chi connectivity index (χ0) is 24.9. The largest absolute Gasteiger partial charge is 3.00 e. The van der Waals surface area contributed by atoms with E-state index in [-0.39, 0.29) is 27.5 Å². The summed E-state index contributed by atoms with van der Waals surface area (Å²) in [4.78, 5) is 0. The molecule has 0 bridgehead atoms. The average Bonchev–Trinajstić information content (AvgIpc) is 2.88. The van der Waals surface area contributed by atoms with Crippen molar-refractivity contribution in [1.29, 1.82) is 0 Å². The van der Waals surface area contributed by atoms with Crippen molar-refractivity contribution in [3.63, 3.8) is 0 Å². The summed E-state index contributed by atoms with van der Waals surface area (Å²) >= 11 is 0. The van der Waals surface area contributed by atoms with E-state index in [4.69, 9.17) is 0 Å². The van der Waals surface area contributed by atoms with Gasteiger partial charge in [-0.15, -0.1) is 0 Å². The van der Waals surface area contributed by atoms with Gasteiger partial charge in [0, 0.05) is 0 Å². The molecule has 33 heavy (non-hydrogen) atoms. The summed E-state index contributed by atoms with van der Waals surface area (Å²) in [6.07, 6.45) is 3.69. The van der Waals surface area contributed by atoms with Crippen molar-refractivity contribution < 1.29 is 54.6 Å². The maximum atomic E-state index is 9.75. The van der Waals surface area contributed by atoms with E-state index in [1.165, 1.54) is 66.6 Å². The fraction of sp³-hybridized carbons (Fsp3) is 0.500. The third-order valence-corrected chi connectivity index (χ3v) is 6.04. The topological polar surface area (TPSA) is 0 Å². The van der Waals surface area contributed by atoms with Gasteiger partial charge in [0.15, 0.2) is 0 Å². The van der Waals surface area contributed by atoms with E-state index in [1.807, 2.05) is 0 Å². The van der Waals surface area contributed by atoms with Gasteiger partial charge in [0.05, 0.1) is 0 Å². The molecule has 0 aromatic rings. The molecule has 192 valence electrons. The number of hydrogen-bond acceptors (Lipinski definition) is 0. The first-order valence-corrected chi connectivity index (χ1v) is 9.95. The maximum Gasteiger partial charge on any atom is 3.00 e. The van der Waals surface area contributed by atoms with E-state index >= 15 is 0 Å². The minimum Gasteiger partial charge on any atom is -0.418 e. The quantitative estimate of drug-likeness (QED) is 0.160. The third kappa shape index (κ3) is 13.8. The molecule has 0 aliphatic heterocycles. The second-order valence-corrected chi connectivity index (χ2v) is 7.80. The molecule has 0 unspecified atom stereocenters. The second kappa shape index (κ2) is 15.4. The summed E-state index contributed by atoms with van der Waals surface area (Å²) in [6.45, 7) is 18.2. The summed E-state index contributed by atoms with van der Waals surface area (Å²) in [6, 6.07) is 0. The first-order valence-electron chi connectivity index (χ1n) is 9.95. The van der Waals surface area contributed by atoms with E-state index in [0.29, 0.717) is 0 Å². The third-order valence-electron chi connectivity index (χ3n) is 6.04. The molecule has 0 atom stereocenters. The Balaban J connectivity index is -0.000000636. The zero-order valence-corrected chi connectivity index (χ0v) is 23.0. The molecule has 0 spiro atoms. The van der Waals surface area contributed by atoms with Crippen LogP contribution in [0.2, 0.25) is 0 Å². The Bertz CT molecular complexity index is 434. The number of halogens is 8. The van der Waals surface area contributed by atoms with Crippen molar-refractivity contribution in [2.24, 2.45) is 0 Å². The minimum atomic E-state index is -6.00. The Hall–Kier alpha value is 0.219. The predicted molar refractivity (Wildman–Crippen MR) is 118 cm³/mol. The van der Waals surface area contributed by atoms with Crippen LogP contribution in [0.1, 0.15) is 74.7 Å². The van der Waals surface area contributed by atoms with Crippen LogP contribution in [0.4, 0.5) is 34.5 Å². The fourth-order valence-electron chi connectivity index (χ4n) is 3.78. The molecule has 0 aromatic carbocycles. The molecular formula is C22H33B2F8Ir. The first-order chi connectivity index (χ1) is 13.8. The molecule has 0 nitrogen and oxygen atoms in total. The van der Waals surface area contributed by atoms with E-state index < -0.39 is 14.5 Å². The average molecular weight is 663 g/mol. The van der Waals surface area contributed by atoms with Crippen molar-refractivity contribution in [1.82, 2.24) is 0 Å². The fourth-order valence-corrected chi connectivity index (χ4v) is 3.78. The second-order valence-electron chi connectivity index (χ2n) is 7.80. The van der Waals surface area contributed by atoms with Gasteiger partial charge in [-0.1, -0.05) is 61.8 Å². The molecule has 0 heterocycles. The van der Waals surface area contributed by atoms with E-state index in [0.717, 1.165) is 0 Å². The summed E-state index contributed by atoms with van der Waals surface area (Å²) in [5.74, 6) is 15.3. The van der Waals surface area contributed by atoms with Crippen LogP contribution in [-0.4, -0.2) is 14.5 Å². The first kappa shape index (κ1) is 37.8. The Kier molecular flexibility index (Phi) is 17.6. The normalized spacial score (nSPS) is 21.8. The number of rotatable bonds is 4. The Morgan fingerprint density at radius 2 is 0.576 bits per heavy atom. The molecule has 2 fully saturated rings. The summed E-state index contributed by atoms with van der Waals surface area (Å²) in [7, 11) is -12.0. The molecule has 10 radical (unpaired) electrons. The monoisotopic (exact) mass is 664 g/mol. The summed E-state index contributed by atoms with van der Waals surface area (Å²) < 4.78 is 78.0. The molecule has 0 aromatic heterocycles. The van der Waals surface area contributed by atoms with Gasteiger partial charge in [-0.25, -0.2) is 0 Å². The van der Waals surface area contributed by atoms with Gasteiger partial charge in [-0.05, 0) is 72.0 Å². The molecule has 0 amide bonds. The summed E-state index contributed by atoms with van der Waals surface area (Å²) in [5, 5.41) is 0. The Morgan fingerprint density at radius 1 is 0.424 bits per heavy atom. The molecular weight excluding hydrogens is 630 g/mol. The standard InChI is InChI=1S/C21H30.CH3.2BF4.Ir/c1-12-13(2)17(6)20(16(12)5)10-9-11-21-18(7)14(3)15(4)19(21)8;;2*2-1(3,4)5;/h9-11H2,1-8H3;1H3;;;/q;3*-1;+3. The summed E-state index contributed by atoms with van der Waals surface area (Å²) in [5.41, 5.74) is 0. The Morgan fingerprint density at radius 3 is 0.727 bits per heavy atom. The van der Waals surface area contributed by atoms with Crippen molar-refractivity contribution in [2.75, 3.05) is 0 Å². The molecule has 0 N–H and O–H groups in total. The van der Waals surface area contributed by atoms with Crippen LogP contribution in [0.15, 0.2) is 0 Å². The van der Waals surface area contributed by atoms with Gasteiger partial charge in [0.1, 0.15) is 0 Å². The molecule has 2 rings (SSSR count). The maximum absolute atomic E-state index is 9.75. The van der Waals surface area contributed by atoms with Crippen molar-refractivity contribution >= 4 is 14.5 Å². The van der Waals surface area contributed by atoms with Crippen molar-refractivity contribution in [2.45, 2.75) is 74.7 Å². The van der Waals surface area contributed by atoms with E-state index in [1.54, 1.807) is 11.8 Å². The van der Waals surface area contributed by atoms with Crippen LogP contribution in [0.25, 0.3) is 0 Å². The molecule has 11 heteroatoms. The van der Waals surface area contributed by atoms with Crippen LogP contribution in [0.5, 0.6) is 0 Å². The van der Waals surface area contributed by atoms with Crippen LogP contribution in [0, 0.1) is 66.6 Å². The van der Waals surface area contributed by atoms with Crippen molar-refractivity contribution in [3.8, 4) is 0 Å². The SMILES string of the molecule is C[C]1[C](C)[C](C)[C](CCC[C]2[C](C)[C](C)[C](C)[C]2C)[C]1C.F[B-](F)(F)F.F[B-](F)(F)F.[CH3-].[Ir+3]. The van der Waals surface area contributed by atoms with Gasteiger partial charge in [0.2, 0.25) is 0 Å². The van der Waals surface area contributed by atoms with Gasteiger partial charge in [0.25, 0.3) is 0 Å². The van der Waals surface area contributed by atoms with Gasteiger partial charge in [-0.3, -0.25) is 0 Å². The molecule has 2 aliphatic rings. The van der Waals surface area contributed by atoms with Gasteiger partial charge in [-0.2, -0.15) is 0 Å². The van der Waals surface area contributed by atoms with E-state index in [2.05, 4.69) is 55.4 Å². The van der Waals surface area contributed by atoms with Crippen LogP contribution in [-0.2, 0) is 20.1 Å². The van der Waals surface area contributed by atoms with Gasteiger partial charge >= 0.3 is 34.6 Å². The molecule has 0 saturated heterocycles. The number of hydrogen-bond donors (Lipinski definition) is 0. The predicted octanol–water partition coefficient (Wildman–Crippen LogP) is 9.14. The van der Waals surface area contributed by atoms with E-state index in [9.17, 15) is 34.5 Å².